The average Bonchev–Trinajstić information content (AvgIpc) is 3.12. The van der Waals surface area contributed by atoms with Gasteiger partial charge >= 0.3 is 6.18 Å². The smallest absolute Gasteiger partial charge is 0.416 e. The highest BCUT2D eigenvalue weighted by molar-refractivity contribution is 7.89. The fourth-order valence-electron chi connectivity index (χ4n) is 3.32. The van der Waals surface area contributed by atoms with Crippen molar-refractivity contribution in [1.82, 2.24) is 4.31 Å². The number of nitrogens with zero attached hydrogens (tertiary/aromatic N) is 1. The minimum Gasteiger partial charge on any atom is -0.494 e. The molecule has 1 fully saturated rings. The molecule has 0 amide bonds. The van der Waals surface area contributed by atoms with Crippen LogP contribution in [-0.4, -0.2) is 25.9 Å². The monoisotopic (exact) mass is 433 g/mol. The molecule has 2 aromatic rings. The quantitative estimate of drug-likeness (QED) is 0.644. The van der Waals surface area contributed by atoms with E-state index in [4.69, 9.17) is 16.3 Å². The molecular formula is C19H19ClF3NO3S. The molecule has 1 heterocycles. The van der Waals surface area contributed by atoms with Crippen molar-refractivity contribution in [3.05, 3.63) is 58.6 Å². The molecule has 3 rings (SSSR count). The first kappa shape index (κ1) is 21.0. The van der Waals surface area contributed by atoms with Gasteiger partial charge in [0.2, 0.25) is 10.0 Å². The van der Waals surface area contributed by atoms with E-state index in [0.29, 0.717) is 31.3 Å². The van der Waals surface area contributed by atoms with Gasteiger partial charge in [-0.05, 0) is 55.7 Å². The van der Waals surface area contributed by atoms with Gasteiger partial charge in [-0.1, -0.05) is 23.7 Å². The van der Waals surface area contributed by atoms with E-state index in [-0.39, 0.29) is 11.6 Å². The predicted octanol–water partition coefficient (Wildman–Crippen LogP) is 5.28. The number of ether oxygens (including phenoxy) is 1. The van der Waals surface area contributed by atoms with Crippen LogP contribution in [0.3, 0.4) is 0 Å². The summed E-state index contributed by atoms with van der Waals surface area (Å²) in [5.74, 6) is 0.666. The number of sulfonamides is 1. The summed E-state index contributed by atoms with van der Waals surface area (Å²) in [6.45, 7) is 2.59. The van der Waals surface area contributed by atoms with Crippen molar-refractivity contribution in [1.29, 1.82) is 0 Å². The summed E-state index contributed by atoms with van der Waals surface area (Å²) in [7, 11) is -4.20. The second kappa shape index (κ2) is 7.93. The number of benzene rings is 2. The average molecular weight is 434 g/mol. The Morgan fingerprint density at radius 3 is 2.46 bits per heavy atom. The van der Waals surface area contributed by atoms with Crippen LogP contribution in [-0.2, 0) is 16.2 Å². The maximum atomic E-state index is 13.1. The Kier molecular flexibility index (Phi) is 5.93. The first-order chi connectivity index (χ1) is 13.1. The third-order valence-corrected chi connectivity index (χ3v) is 7.01. The van der Waals surface area contributed by atoms with Crippen molar-refractivity contribution in [3.8, 4) is 5.75 Å². The standard InChI is InChI=1S/C19H19ClF3NO3S/c1-2-27-15-8-5-13(6-9-15)17-4-3-11-24(17)28(25,26)18-12-14(19(21,22)23)7-10-16(18)20/h5-10,12,17H,2-4,11H2,1H3. The van der Waals surface area contributed by atoms with E-state index in [1.165, 1.54) is 4.31 Å². The summed E-state index contributed by atoms with van der Waals surface area (Å²) in [5.41, 5.74) is -0.292. The van der Waals surface area contributed by atoms with Crippen molar-refractivity contribution in [2.75, 3.05) is 13.2 Å². The van der Waals surface area contributed by atoms with Crippen LogP contribution in [0.1, 0.15) is 36.9 Å². The molecule has 0 aromatic heterocycles. The molecule has 0 N–H and O–H groups in total. The Balaban J connectivity index is 1.97. The highest BCUT2D eigenvalue weighted by Crippen LogP contribution is 2.40. The first-order valence-electron chi connectivity index (χ1n) is 8.76. The van der Waals surface area contributed by atoms with E-state index < -0.39 is 32.7 Å². The summed E-state index contributed by atoms with van der Waals surface area (Å²) < 4.78 is 72.0. The van der Waals surface area contributed by atoms with Gasteiger partial charge in [-0.3, -0.25) is 0 Å². The molecule has 1 unspecified atom stereocenters. The van der Waals surface area contributed by atoms with Crippen molar-refractivity contribution in [2.24, 2.45) is 0 Å². The van der Waals surface area contributed by atoms with E-state index in [9.17, 15) is 21.6 Å². The Labute approximate surface area is 166 Å². The molecule has 28 heavy (non-hydrogen) atoms. The second-order valence-electron chi connectivity index (χ2n) is 6.42. The highest BCUT2D eigenvalue weighted by atomic mass is 35.5. The molecule has 1 atom stereocenters. The lowest BCUT2D eigenvalue weighted by Gasteiger charge is -2.25. The van der Waals surface area contributed by atoms with E-state index in [2.05, 4.69) is 0 Å². The molecule has 0 bridgehead atoms. The normalized spacial score (nSPS) is 18.4. The number of rotatable bonds is 5. The van der Waals surface area contributed by atoms with Crippen LogP contribution in [0.15, 0.2) is 47.4 Å². The van der Waals surface area contributed by atoms with Crippen LogP contribution >= 0.6 is 11.6 Å². The lowest BCUT2D eigenvalue weighted by atomic mass is 10.1. The predicted molar refractivity (Wildman–Crippen MR) is 99.9 cm³/mol. The molecule has 1 aliphatic rings. The van der Waals surface area contributed by atoms with Gasteiger partial charge in [-0.2, -0.15) is 17.5 Å². The minimum atomic E-state index is -4.66. The summed E-state index contributed by atoms with van der Waals surface area (Å²) >= 11 is 5.97. The van der Waals surface area contributed by atoms with E-state index in [1.54, 1.807) is 24.3 Å². The number of halogens is 4. The molecule has 1 saturated heterocycles. The Bertz CT molecular complexity index is 946. The topological polar surface area (TPSA) is 46.6 Å². The fourth-order valence-corrected chi connectivity index (χ4v) is 5.50. The van der Waals surface area contributed by atoms with Gasteiger partial charge in [0.15, 0.2) is 0 Å². The molecule has 0 radical (unpaired) electrons. The maximum absolute atomic E-state index is 13.1. The van der Waals surface area contributed by atoms with Crippen molar-refractivity contribution < 1.29 is 26.3 Å². The van der Waals surface area contributed by atoms with Crippen molar-refractivity contribution in [2.45, 2.75) is 36.9 Å². The van der Waals surface area contributed by atoms with Crippen molar-refractivity contribution >= 4 is 21.6 Å². The second-order valence-corrected chi connectivity index (χ2v) is 8.68. The van der Waals surface area contributed by atoms with Gasteiger partial charge in [0.1, 0.15) is 10.6 Å². The molecule has 152 valence electrons. The van der Waals surface area contributed by atoms with Gasteiger partial charge < -0.3 is 4.74 Å². The van der Waals surface area contributed by atoms with E-state index in [0.717, 1.165) is 17.7 Å². The lowest BCUT2D eigenvalue weighted by Crippen LogP contribution is -2.31. The molecule has 0 aliphatic carbocycles. The fraction of sp³-hybridized carbons (Fsp3) is 0.368. The molecule has 1 aliphatic heterocycles. The third-order valence-electron chi connectivity index (χ3n) is 4.62. The van der Waals surface area contributed by atoms with Crippen LogP contribution in [0.25, 0.3) is 0 Å². The van der Waals surface area contributed by atoms with Crippen LogP contribution in [0.2, 0.25) is 5.02 Å². The number of hydrogen-bond acceptors (Lipinski definition) is 3. The summed E-state index contributed by atoms with van der Waals surface area (Å²) in [6, 6.07) is 8.93. The molecule has 0 saturated carbocycles. The SMILES string of the molecule is CCOc1ccc(C2CCCN2S(=O)(=O)c2cc(C(F)(F)F)ccc2Cl)cc1. The zero-order valence-electron chi connectivity index (χ0n) is 15.0. The molecule has 2 aromatic carbocycles. The van der Waals surface area contributed by atoms with Crippen LogP contribution in [0.5, 0.6) is 5.75 Å². The van der Waals surface area contributed by atoms with Crippen molar-refractivity contribution in [3.63, 3.8) is 0 Å². The summed E-state index contributed by atoms with van der Waals surface area (Å²) in [5, 5.41) is -0.231. The van der Waals surface area contributed by atoms with E-state index in [1.807, 2.05) is 6.92 Å². The van der Waals surface area contributed by atoms with Gasteiger partial charge in [-0.25, -0.2) is 8.42 Å². The molecule has 0 spiro atoms. The maximum Gasteiger partial charge on any atom is 0.416 e. The van der Waals surface area contributed by atoms with Crippen LogP contribution in [0, 0.1) is 0 Å². The van der Waals surface area contributed by atoms with Gasteiger partial charge in [0.05, 0.1) is 23.2 Å². The molecule has 4 nitrogen and oxygen atoms in total. The van der Waals surface area contributed by atoms with Gasteiger partial charge in [0.25, 0.3) is 0 Å². The molecular weight excluding hydrogens is 415 g/mol. The van der Waals surface area contributed by atoms with Crippen LogP contribution in [0.4, 0.5) is 13.2 Å². The molecule has 9 heteroatoms. The first-order valence-corrected chi connectivity index (χ1v) is 10.6. The Morgan fingerprint density at radius 1 is 1.18 bits per heavy atom. The number of alkyl halides is 3. The third kappa shape index (κ3) is 4.14. The van der Waals surface area contributed by atoms with Gasteiger partial charge in [-0.15, -0.1) is 0 Å². The van der Waals surface area contributed by atoms with Crippen LogP contribution < -0.4 is 4.74 Å². The zero-order chi connectivity index (χ0) is 20.5. The van der Waals surface area contributed by atoms with E-state index >= 15 is 0 Å². The number of hydrogen-bond donors (Lipinski definition) is 0. The summed E-state index contributed by atoms with van der Waals surface area (Å²) in [6.07, 6.45) is -3.48. The highest BCUT2D eigenvalue weighted by Gasteiger charge is 2.39. The minimum absolute atomic E-state index is 0.215. The summed E-state index contributed by atoms with van der Waals surface area (Å²) in [4.78, 5) is -0.526. The lowest BCUT2D eigenvalue weighted by molar-refractivity contribution is -0.137. The zero-order valence-corrected chi connectivity index (χ0v) is 16.6. The van der Waals surface area contributed by atoms with Gasteiger partial charge in [0, 0.05) is 6.54 Å². The Morgan fingerprint density at radius 2 is 1.86 bits per heavy atom. The largest absolute Gasteiger partial charge is 0.494 e. The Hall–Kier alpha value is -1.77.